The zero-order valence-corrected chi connectivity index (χ0v) is 14.4. The highest BCUT2D eigenvalue weighted by molar-refractivity contribution is 6.36. The predicted molar refractivity (Wildman–Crippen MR) is 91.0 cm³/mol. The van der Waals surface area contributed by atoms with Crippen LogP contribution in [0.5, 0.6) is 0 Å². The number of piperazine rings is 1. The summed E-state index contributed by atoms with van der Waals surface area (Å²) in [6.45, 7) is 4.56. The lowest BCUT2D eigenvalue weighted by Crippen LogP contribution is -2.53. The summed E-state index contributed by atoms with van der Waals surface area (Å²) in [6.07, 6.45) is 0.513. The highest BCUT2D eigenvalue weighted by Crippen LogP contribution is 2.34. The van der Waals surface area contributed by atoms with Crippen LogP contribution >= 0.6 is 23.2 Å². The lowest BCUT2D eigenvalue weighted by atomic mass is 10.1. The first kappa shape index (κ1) is 16.6. The molecule has 2 aliphatic rings. The molecule has 2 atom stereocenters. The lowest BCUT2D eigenvalue weighted by Gasteiger charge is -2.33. The third-order valence-electron chi connectivity index (χ3n) is 4.38. The number of hydrogen-bond donors (Lipinski definition) is 1. The van der Waals surface area contributed by atoms with Crippen molar-refractivity contribution in [2.45, 2.75) is 19.4 Å². The number of halogens is 2. The average molecular weight is 356 g/mol. The first-order valence-corrected chi connectivity index (χ1v) is 8.51. The van der Waals surface area contributed by atoms with Gasteiger partial charge < -0.3 is 15.1 Å². The van der Waals surface area contributed by atoms with Crippen LogP contribution in [0.25, 0.3) is 0 Å². The zero-order chi connectivity index (χ0) is 16.6. The minimum absolute atomic E-state index is 0.0796. The fourth-order valence-corrected chi connectivity index (χ4v) is 3.58. The second-order valence-electron chi connectivity index (χ2n) is 6.07. The van der Waals surface area contributed by atoms with Gasteiger partial charge >= 0.3 is 0 Å². The van der Waals surface area contributed by atoms with Crippen LogP contribution in [0.15, 0.2) is 18.2 Å². The number of carbonyl (C=O) groups excluding carboxylic acids is 2. The maximum absolute atomic E-state index is 12.7. The van der Waals surface area contributed by atoms with Gasteiger partial charge in [0, 0.05) is 37.2 Å². The van der Waals surface area contributed by atoms with Gasteiger partial charge in [-0.3, -0.25) is 9.59 Å². The molecule has 2 heterocycles. The standard InChI is InChI=1S/C16H19Cl2N3O2/c1-10-9-20(7-5-19-10)15(22)12-4-6-21(16(12)23)14-8-11(17)2-3-13(14)18/h2-3,8,10,12,19H,4-7,9H2,1H3. The van der Waals surface area contributed by atoms with Gasteiger partial charge in [0.2, 0.25) is 11.8 Å². The van der Waals surface area contributed by atoms with Crippen molar-refractivity contribution in [1.29, 1.82) is 0 Å². The molecular weight excluding hydrogens is 337 g/mol. The lowest BCUT2D eigenvalue weighted by molar-refractivity contribution is -0.140. The molecule has 1 aromatic rings. The highest BCUT2D eigenvalue weighted by atomic mass is 35.5. The Labute approximate surface area is 145 Å². The molecule has 124 valence electrons. The summed E-state index contributed by atoms with van der Waals surface area (Å²) in [7, 11) is 0. The number of anilines is 1. The molecule has 23 heavy (non-hydrogen) atoms. The molecule has 2 amide bonds. The van der Waals surface area contributed by atoms with Crippen molar-refractivity contribution in [3.05, 3.63) is 28.2 Å². The Morgan fingerprint density at radius 2 is 2.09 bits per heavy atom. The van der Waals surface area contributed by atoms with E-state index in [-0.39, 0.29) is 17.9 Å². The third-order valence-corrected chi connectivity index (χ3v) is 4.94. The second-order valence-corrected chi connectivity index (χ2v) is 6.91. The van der Waals surface area contributed by atoms with E-state index in [2.05, 4.69) is 5.32 Å². The van der Waals surface area contributed by atoms with Gasteiger partial charge in [-0.15, -0.1) is 0 Å². The van der Waals surface area contributed by atoms with Crippen LogP contribution in [0.1, 0.15) is 13.3 Å². The maximum Gasteiger partial charge on any atom is 0.239 e. The molecule has 5 nitrogen and oxygen atoms in total. The summed E-state index contributed by atoms with van der Waals surface area (Å²) in [6, 6.07) is 5.27. The smallest absolute Gasteiger partial charge is 0.239 e. The van der Waals surface area contributed by atoms with Crippen molar-refractivity contribution >= 4 is 40.7 Å². The molecule has 0 radical (unpaired) electrons. The van der Waals surface area contributed by atoms with E-state index < -0.39 is 5.92 Å². The summed E-state index contributed by atoms with van der Waals surface area (Å²) < 4.78 is 0. The molecule has 2 aliphatic heterocycles. The minimum atomic E-state index is -0.615. The van der Waals surface area contributed by atoms with Crippen LogP contribution < -0.4 is 10.2 Å². The summed E-state index contributed by atoms with van der Waals surface area (Å²) in [5.74, 6) is -0.885. The number of carbonyl (C=O) groups is 2. The monoisotopic (exact) mass is 355 g/mol. The Kier molecular flexibility index (Phi) is 4.80. The predicted octanol–water partition coefficient (Wildman–Crippen LogP) is 2.17. The quantitative estimate of drug-likeness (QED) is 0.827. The largest absolute Gasteiger partial charge is 0.339 e. The summed E-state index contributed by atoms with van der Waals surface area (Å²) in [5, 5.41) is 4.28. The molecule has 7 heteroatoms. The van der Waals surface area contributed by atoms with Crippen molar-refractivity contribution < 1.29 is 9.59 Å². The molecule has 0 saturated carbocycles. The van der Waals surface area contributed by atoms with E-state index in [1.54, 1.807) is 28.0 Å². The van der Waals surface area contributed by atoms with E-state index in [1.165, 1.54) is 0 Å². The number of nitrogens with zero attached hydrogens (tertiary/aromatic N) is 2. The summed E-state index contributed by atoms with van der Waals surface area (Å²) >= 11 is 12.2. The molecule has 0 aliphatic carbocycles. The molecule has 0 spiro atoms. The Balaban J connectivity index is 1.76. The van der Waals surface area contributed by atoms with Crippen LogP contribution in [0.3, 0.4) is 0 Å². The SMILES string of the molecule is CC1CN(C(=O)C2CCN(c3cc(Cl)ccc3Cl)C2=O)CCN1. The molecular formula is C16H19Cl2N3O2. The topological polar surface area (TPSA) is 52.7 Å². The molecule has 0 aromatic heterocycles. The van der Waals surface area contributed by atoms with Crippen LogP contribution in [-0.2, 0) is 9.59 Å². The molecule has 0 bridgehead atoms. The van der Waals surface area contributed by atoms with E-state index in [0.717, 1.165) is 6.54 Å². The van der Waals surface area contributed by atoms with Crippen molar-refractivity contribution in [1.82, 2.24) is 10.2 Å². The minimum Gasteiger partial charge on any atom is -0.339 e. The number of amides is 2. The van der Waals surface area contributed by atoms with E-state index in [1.807, 2.05) is 6.92 Å². The van der Waals surface area contributed by atoms with Gasteiger partial charge in [-0.1, -0.05) is 23.2 Å². The van der Waals surface area contributed by atoms with Crippen LogP contribution in [-0.4, -0.2) is 48.9 Å². The van der Waals surface area contributed by atoms with Gasteiger partial charge in [-0.2, -0.15) is 0 Å². The average Bonchev–Trinajstić information content (AvgIpc) is 2.90. The summed E-state index contributed by atoms with van der Waals surface area (Å²) in [5.41, 5.74) is 0.577. The Hall–Kier alpha value is -1.30. The fraction of sp³-hybridized carbons (Fsp3) is 0.500. The number of nitrogens with one attached hydrogen (secondary N) is 1. The molecule has 1 N–H and O–H groups in total. The normalized spacial score (nSPS) is 25.1. The fourth-order valence-electron chi connectivity index (χ4n) is 3.19. The first-order valence-electron chi connectivity index (χ1n) is 7.76. The van der Waals surface area contributed by atoms with E-state index in [9.17, 15) is 9.59 Å². The Bertz CT molecular complexity index is 638. The summed E-state index contributed by atoms with van der Waals surface area (Å²) in [4.78, 5) is 28.7. The number of rotatable bonds is 2. The maximum atomic E-state index is 12.7. The van der Waals surface area contributed by atoms with Gasteiger partial charge in [0.05, 0.1) is 10.7 Å². The van der Waals surface area contributed by atoms with Gasteiger partial charge in [0.15, 0.2) is 0 Å². The van der Waals surface area contributed by atoms with Crippen molar-refractivity contribution in [3.8, 4) is 0 Å². The molecule has 3 rings (SSSR count). The highest BCUT2D eigenvalue weighted by Gasteiger charge is 2.40. The van der Waals surface area contributed by atoms with Crippen LogP contribution in [0.4, 0.5) is 5.69 Å². The van der Waals surface area contributed by atoms with Gasteiger partial charge in [-0.05, 0) is 31.5 Å². The first-order chi connectivity index (χ1) is 11.0. The number of benzene rings is 1. The van der Waals surface area contributed by atoms with Crippen molar-refractivity contribution in [3.63, 3.8) is 0 Å². The molecule has 1 aromatic carbocycles. The Morgan fingerprint density at radius 1 is 1.30 bits per heavy atom. The van der Waals surface area contributed by atoms with Crippen molar-refractivity contribution in [2.75, 3.05) is 31.1 Å². The second kappa shape index (κ2) is 6.67. The molecule has 2 saturated heterocycles. The third kappa shape index (κ3) is 3.32. The van der Waals surface area contributed by atoms with E-state index >= 15 is 0 Å². The number of hydrogen-bond acceptors (Lipinski definition) is 3. The van der Waals surface area contributed by atoms with E-state index in [4.69, 9.17) is 23.2 Å². The Morgan fingerprint density at radius 3 is 2.83 bits per heavy atom. The van der Waals surface area contributed by atoms with Crippen LogP contribution in [0, 0.1) is 5.92 Å². The zero-order valence-electron chi connectivity index (χ0n) is 12.9. The van der Waals surface area contributed by atoms with Gasteiger partial charge in [-0.25, -0.2) is 0 Å². The van der Waals surface area contributed by atoms with Gasteiger partial charge in [0.25, 0.3) is 0 Å². The van der Waals surface area contributed by atoms with E-state index in [0.29, 0.717) is 41.8 Å². The van der Waals surface area contributed by atoms with Crippen LogP contribution in [0.2, 0.25) is 10.0 Å². The van der Waals surface area contributed by atoms with Crippen molar-refractivity contribution in [2.24, 2.45) is 5.92 Å². The molecule has 2 fully saturated rings. The van der Waals surface area contributed by atoms with Gasteiger partial charge in [0.1, 0.15) is 5.92 Å². The molecule has 2 unspecified atom stereocenters.